The monoisotopic (exact) mass is 1160 g/mol. The van der Waals surface area contributed by atoms with Crippen LogP contribution in [-0.4, -0.2) is 157 Å². The van der Waals surface area contributed by atoms with E-state index in [1.165, 1.54) is 68.9 Å². The molecule has 20 nitrogen and oxygen atoms in total. The minimum Gasteiger partial charge on any atom is -0.347 e. The first kappa shape index (κ1) is 62.6. The van der Waals surface area contributed by atoms with Crippen LogP contribution in [0.1, 0.15) is 174 Å². The molecular weight excluding hydrogens is 1070 g/mol. The Bertz CT molecular complexity index is 3170. The lowest BCUT2D eigenvalue weighted by atomic mass is 9.93. The maximum atomic E-state index is 12.3. The summed E-state index contributed by atoms with van der Waals surface area (Å²) in [6.07, 6.45) is 24.0. The maximum Gasteiger partial charge on any atom is 0.252 e. The smallest absolute Gasteiger partial charge is 0.252 e. The molecule has 0 aromatic carbocycles. The van der Waals surface area contributed by atoms with Gasteiger partial charge in [0, 0.05) is 145 Å². The third-order valence-electron chi connectivity index (χ3n) is 17.7. The van der Waals surface area contributed by atoms with Gasteiger partial charge in [-0.25, -0.2) is 24.9 Å². The second-order valence-corrected chi connectivity index (χ2v) is 24.4. The molecule has 12 heterocycles. The van der Waals surface area contributed by atoms with Crippen LogP contribution in [0.2, 0.25) is 0 Å². The Morgan fingerprint density at radius 1 is 0.471 bits per heavy atom. The third-order valence-corrected chi connectivity index (χ3v) is 17.7. The highest BCUT2D eigenvalue weighted by Crippen LogP contribution is 2.31. The summed E-state index contributed by atoms with van der Waals surface area (Å²) in [5.41, 5.74) is 8.55. The fraction of sp³-hybridized carbons (Fsp3) is 0.600. The van der Waals surface area contributed by atoms with Crippen molar-refractivity contribution in [3.8, 4) is 0 Å². The van der Waals surface area contributed by atoms with Gasteiger partial charge >= 0.3 is 0 Å². The lowest BCUT2D eigenvalue weighted by Crippen LogP contribution is -2.36. The van der Waals surface area contributed by atoms with Gasteiger partial charge in [-0.1, -0.05) is 26.5 Å². The molecule has 12 rings (SSSR count). The van der Waals surface area contributed by atoms with Crippen LogP contribution in [0.15, 0.2) is 81.5 Å². The van der Waals surface area contributed by atoms with Crippen LogP contribution in [-0.2, 0) is 26.1 Å². The molecule has 3 N–H and O–H groups in total. The summed E-state index contributed by atoms with van der Waals surface area (Å²) in [5.74, 6) is 4.06. The van der Waals surface area contributed by atoms with Crippen molar-refractivity contribution < 1.29 is 0 Å². The van der Waals surface area contributed by atoms with Gasteiger partial charge in [-0.3, -0.25) is 54.0 Å². The number of nitrogens with zero attached hydrogens (tertiary/aromatic N) is 14. The van der Waals surface area contributed by atoms with Gasteiger partial charge in [-0.15, -0.1) is 0 Å². The third kappa shape index (κ3) is 18.1. The van der Waals surface area contributed by atoms with Gasteiger partial charge in [-0.05, 0) is 172 Å². The van der Waals surface area contributed by atoms with Crippen molar-refractivity contribution in [3.05, 3.63) is 143 Å². The number of H-pyrrole nitrogens is 3. The minimum absolute atomic E-state index is 0. The van der Waals surface area contributed by atoms with Crippen LogP contribution in [0.25, 0.3) is 0 Å². The molecule has 0 radical (unpaired) electrons. The number of aryl methyl sites for hydroxylation is 2. The number of hydrogen-bond donors (Lipinski definition) is 3. The highest BCUT2D eigenvalue weighted by molar-refractivity contribution is 5.34. The molecule has 1 unspecified atom stereocenters. The summed E-state index contributed by atoms with van der Waals surface area (Å²) in [7, 11) is 3.91. The highest BCUT2D eigenvalue weighted by atomic mass is 16.1. The van der Waals surface area contributed by atoms with Crippen LogP contribution < -0.4 is 36.3 Å². The van der Waals surface area contributed by atoms with Gasteiger partial charge in [-0.2, -0.15) is 0 Å². The zero-order valence-electron chi connectivity index (χ0n) is 50.5. The summed E-state index contributed by atoms with van der Waals surface area (Å²) in [5, 5.41) is 0. The van der Waals surface area contributed by atoms with Gasteiger partial charge < -0.3 is 19.6 Å². The number of likely N-dealkylation sites (tertiary alicyclic amines) is 3. The average Bonchev–Trinajstić information content (AvgIpc) is 3.73. The predicted octanol–water partition coefficient (Wildman–Crippen LogP) is 8.57. The molecule has 6 saturated heterocycles. The largest absolute Gasteiger partial charge is 0.347 e. The topological polar surface area (TPSA) is 211 Å². The summed E-state index contributed by atoms with van der Waals surface area (Å²) in [6.45, 7) is 18.9. The zero-order valence-corrected chi connectivity index (χ0v) is 50.5. The Balaban J connectivity index is 0.000000152. The summed E-state index contributed by atoms with van der Waals surface area (Å²) in [4.78, 5) is 94.0. The second-order valence-electron chi connectivity index (χ2n) is 24.4. The van der Waals surface area contributed by atoms with Crippen LogP contribution in [0.5, 0.6) is 0 Å². The molecule has 6 aromatic rings. The molecule has 0 spiro atoms. The molecule has 20 heteroatoms. The molecule has 0 bridgehead atoms. The number of aromatic amines is 3. The summed E-state index contributed by atoms with van der Waals surface area (Å²) >= 11 is 0. The normalized spacial score (nSPS) is 19.5. The van der Waals surface area contributed by atoms with Gasteiger partial charge in [0.15, 0.2) is 0 Å². The van der Waals surface area contributed by atoms with Crippen LogP contribution in [0.3, 0.4) is 0 Å². The average molecular weight is 1160 g/mol. The SMILES string of the molecule is C.CCc1ccc(CN2CCC(c3cc(=O)[nH]c(N4CCCCC4)n3)CC2)cn1.CN(C)c1nccc(CN2CCCC(c3cc(=O)[nH]c(N4CCCCC4)n3)C2)n1.Cc1ccc(CN2CCC(c3cc(=O)[nH]c(N4CCCCC4)n3)CC2)cn1. The Morgan fingerprint density at radius 2 is 0.929 bits per heavy atom. The quantitative estimate of drug-likeness (QED) is 0.0932. The van der Waals surface area contributed by atoms with E-state index in [-0.39, 0.29) is 30.0 Å². The summed E-state index contributed by atoms with van der Waals surface area (Å²) in [6, 6.07) is 15.7. The standard InChI is InChI=1S/C22H31N5O.C21H31N7O.C21H29N5O.CH4/c1-2-19-7-6-17(15-23-19)16-26-12-8-18(9-13-26)20-14-21(28)25-22(24-20)27-10-4-3-5-11-27;1-26(2)20-22-9-8-17(23-20)15-27-10-6-7-16(14-27)18-13-19(29)25-21(24-18)28-11-4-3-5-12-28;1-16-5-6-17(14-22-16)15-25-11-7-18(8-12-25)19-13-20(27)24-21(23-19)26-9-3-2-4-10-26;/h6-7,14-15,18H,2-5,8-13,16H2,1H3,(H,24,25,28);8-9,13,16H,3-7,10-12,14-15H2,1-2H3,(H,24,25,29);5-6,13-14,18H,2-4,7-12,15H2,1H3,(H,23,24,27);1H4. The van der Waals surface area contributed by atoms with Crippen LogP contribution in [0.4, 0.5) is 23.8 Å². The van der Waals surface area contributed by atoms with Gasteiger partial charge in [0.1, 0.15) is 0 Å². The number of pyridine rings is 2. The fourth-order valence-electron chi connectivity index (χ4n) is 12.8. The number of hydrogen-bond acceptors (Lipinski definition) is 17. The first-order valence-corrected chi connectivity index (χ1v) is 31.6. The Kier molecular flexibility index (Phi) is 22.8. The van der Waals surface area contributed by atoms with Crippen molar-refractivity contribution in [3.63, 3.8) is 0 Å². The van der Waals surface area contributed by atoms with E-state index >= 15 is 0 Å². The molecule has 6 fully saturated rings. The van der Waals surface area contributed by atoms with E-state index in [0.717, 1.165) is 201 Å². The van der Waals surface area contributed by atoms with E-state index < -0.39 is 0 Å². The number of piperidine rings is 6. The molecule has 85 heavy (non-hydrogen) atoms. The van der Waals surface area contributed by atoms with Gasteiger partial charge in [0.25, 0.3) is 16.7 Å². The second kappa shape index (κ2) is 31.0. The van der Waals surface area contributed by atoms with Crippen LogP contribution in [0, 0.1) is 6.92 Å². The van der Waals surface area contributed by atoms with Gasteiger partial charge in [0.05, 0.1) is 22.8 Å². The van der Waals surface area contributed by atoms with E-state index in [9.17, 15) is 14.4 Å². The Morgan fingerprint density at radius 3 is 1.35 bits per heavy atom. The van der Waals surface area contributed by atoms with Crippen LogP contribution >= 0.6 is 0 Å². The molecule has 6 aromatic heterocycles. The molecule has 0 amide bonds. The van der Waals surface area contributed by atoms with Crippen molar-refractivity contribution in [2.75, 3.05) is 112 Å². The Hall–Kier alpha value is -6.90. The van der Waals surface area contributed by atoms with Crippen molar-refractivity contribution in [1.82, 2.24) is 64.5 Å². The van der Waals surface area contributed by atoms with Crippen molar-refractivity contribution in [1.29, 1.82) is 0 Å². The van der Waals surface area contributed by atoms with Crippen molar-refractivity contribution in [2.24, 2.45) is 0 Å². The fourth-order valence-corrected chi connectivity index (χ4v) is 12.8. The first-order valence-electron chi connectivity index (χ1n) is 31.6. The molecule has 458 valence electrons. The van der Waals surface area contributed by atoms with E-state index in [2.05, 4.69) is 95.5 Å². The number of rotatable bonds is 14. The van der Waals surface area contributed by atoms with Gasteiger partial charge in [0.2, 0.25) is 23.8 Å². The molecular formula is C65H95N17O3. The molecule has 1 atom stereocenters. The van der Waals surface area contributed by atoms with E-state index in [4.69, 9.17) is 15.0 Å². The Labute approximate surface area is 503 Å². The number of nitrogens with one attached hydrogen (secondary N) is 3. The minimum atomic E-state index is -0.0425. The first-order chi connectivity index (χ1) is 41.0. The van der Waals surface area contributed by atoms with Crippen molar-refractivity contribution in [2.45, 2.75) is 161 Å². The van der Waals surface area contributed by atoms with E-state index in [0.29, 0.717) is 11.8 Å². The lowest BCUT2D eigenvalue weighted by Gasteiger charge is -2.33. The van der Waals surface area contributed by atoms with E-state index in [1.807, 2.05) is 50.6 Å². The molecule has 6 aliphatic rings. The van der Waals surface area contributed by atoms with E-state index in [1.54, 1.807) is 18.2 Å². The summed E-state index contributed by atoms with van der Waals surface area (Å²) < 4.78 is 0. The molecule has 6 aliphatic heterocycles. The molecule has 0 aliphatic carbocycles. The number of anilines is 4. The number of aromatic nitrogens is 10. The van der Waals surface area contributed by atoms with Crippen molar-refractivity contribution >= 4 is 23.8 Å². The predicted molar refractivity (Wildman–Crippen MR) is 340 cm³/mol. The zero-order chi connectivity index (χ0) is 58.2. The molecule has 0 saturated carbocycles. The highest BCUT2D eigenvalue weighted by Gasteiger charge is 2.28. The lowest BCUT2D eigenvalue weighted by molar-refractivity contribution is 0.196. The maximum absolute atomic E-state index is 12.3.